The molecule has 55 heavy (non-hydrogen) atoms. The van der Waals surface area contributed by atoms with Crippen molar-refractivity contribution in [2.24, 2.45) is 0 Å². The van der Waals surface area contributed by atoms with Crippen molar-refractivity contribution < 1.29 is 0 Å². The van der Waals surface area contributed by atoms with Crippen molar-refractivity contribution in [1.82, 2.24) is 19.9 Å². The molecule has 0 bridgehead atoms. The molecule has 0 saturated heterocycles. The van der Waals surface area contributed by atoms with Crippen molar-refractivity contribution >= 4 is 64.0 Å². The average molecular weight is 719 g/mol. The van der Waals surface area contributed by atoms with Gasteiger partial charge < -0.3 is 0 Å². The van der Waals surface area contributed by atoms with Gasteiger partial charge >= 0.3 is 0 Å². The van der Waals surface area contributed by atoms with Crippen LogP contribution in [0.2, 0.25) is 0 Å². The number of fused-ring (bicyclic) bond motifs is 8. The van der Waals surface area contributed by atoms with E-state index in [1.54, 1.807) is 11.3 Å². The maximum absolute atomic E-state index is 5.31. The van der Waals surface area contributed by atoms with Gasteiger partial charge in [-0.2, -0.15) is 0 Å². The van der Waals surface area contributed by atoms with Gasteiger partial charge in [0, 0.05) is 43.1 Å². The van der Waals surface area contributed by atoms with Crippen LogP contribution < -0.4 is 0 Å². The number of pyridine rings is 1. The molecule has 0 aliphatic rings. The first-order chi connectivity index (χ1) is 27.2. The molecule has 0 unspecified atom stereocenters. The zero-order valence-corrected chi connectivity index (χ0v) is 30.3. The van der Waals surface area contributed by atoms with E-state index in [-0.39, 0.29) is 0 Å². The van der Waals surface area contributed by atoms with Gasteiger partial charge in [-0.25, -0.2) is 19.9 Å². The molecule has 4 nitrogen and oxygen atoms in total. The lowest BCUT2D eigenvalue weighted by molar-refractivity contribution is 1.07. The van der Waals surface area contributed by atoms with Gasteiger partial charge in [0.2, 0.25) is 0 Å². The van der Waals surface area contributed by atoms with Crippen LogP contribution >= 0.6 is 11.3 Å². The molecule has 0 aliphatic heterocycles. The van der Waals surface area contributed by atoms with E-state index in [4.69, 9.17) is 19.9 Å². The minimum Gasteiger partial charge on any atom is -0.236 e. The lowest BCUT2D eigenvalue weighted by Gasteiger charge is -2.12. The number of benzene rings is 8. The van der Waals surface area contributed by atoms with Crippen LogP contribution in [0.3, 0.4) is 0 Å². The highest BCUT2D eigenvalue weighted by molar-refractivity contribution is 7.25. The van der Waals surface area contributed by atoms with Crippen molar-refractivity contribution in [2.75, 3.05) is 0 Å². The van der Waals surface area contributed by atoms with Crippen LogP contribution in [0.15, 0.2) is 182 Å². The van der Waals surface area contributed by atoms with E-state index in [9.17, 15) is 0 Å². The summed E-state index contributed by atoms with van der Waals surface area (Å²) < 4.78 is 1.24. The summed E-state index contributed by atoms with van der Waals surface area (Å²) in [6.45, 7) is 0. The molecule has 256 valence electrons. The first-order valence-corrected chi connectivity index (χ1v) is 19.2. The summed E-state index contributed by atoms with van der Waals surface area (Å²) in [7, 11) is 0. The summed E-state index contributed by atoms with van der Waals surface area (Å²) in [6.07, 6.45) is 0. The predicted octanol–water partition coefficient (Wildman–Crippen LogP) is 13.4. The SMILES string of the molecule is c1ccc(-c2nc(-c3ccc(-c4cc5ccccc5c5ccccc45)cc3)nc(-c3cccc(-c4nc5sc6ccccc6c5c5ccccc45)c3)n2)cc1. The van der Waals surface area contributed by atoms with Gasteiger partial charge in [-0.3, -0.25) is 0 Å². The zero-order chi connectivity index (χ0) is 36.3. The van der Waals surface area contributed by atoms with E-state index < -0.39 is 0 Å². The number of hydrogen-bond acceptors (Lipinski definition) is 5. The number of nitrogens with zero attached hydrogens (tertiary/aromatic N) is 4. The summed E-state index contributed by atoms with van der Waals surface area (Å²) in [5, 5.41) is 9.76. The lowest BCUT2D eigenvalue weighted by atomic mass is 9.93. The number of aromatic nitrogens is 4. The summed E-state index contributed by atoms with van der Waals surface area (Å²) in [4.78, 5) is 21.6. The van der Waals surface area contributed by atoms with E-state index in [0.29, 0.717) is 17.5 Å². The first-order valence-electron chi connectivity index (χ1n) is 18.4. The Morgan fingerprint density at radius 3 is 1.65 bits per heavy atom. The van der Waals surface area contributed by atoms with Gasteiger partial charge in [0.1, 0.15) is 4.83 Å². The van der Waals surface area contributed by atoms with Crippen molar-refractivity contribution in [2.45, 2.75) is 0 Å². The van der Waals surface area contributed by atoms with E-state index in [0.717, 1.165) is 43.7 Å². The Morgan fingerprint density at radius 1 is 0.327 bits per heavy atom. The monoisotopic (exact) mass is 718 g/mol. The van der Waals surface area contributed by atoms with E-state index in [1.165, 1.54) is 48.0 Å². The molecule has 0 radical (unpaired) electrons. The van der Waals surface area contributed by atoms with Crippen molar-refractivity contribution in [3.8, 4) is 56.5 Å². The van der Waals surface area contributed by atoms with Gasteiger partial charge in [-0.15, -0.1) is 11.3 Å². The van der Waals surface area contributed by atoms with Crippen LogP contribution in [-0.4, -0.2) is 19.9 Å². The Morgan fingerprint density at radius 2 is 0.873 bits per heavy atom. The molecule has 0 N–H and O–H groups in total. The summed E-state index contributed by atoms with van der Waals surface area (Å²) in [5.41, 5.74) is 7.08. The van der Waals surface area contributed by atoms with Crippen LogP contribution in [0.5, 0.6) is 0 Å². The molecule has 8 aromatic carbocycles. The number of rotatable bonds is 5. The highest BCUT2D eigenvalue weighted by Crippen LogP contribution is 2.41. The maximum atomic E-state index is 5.31. The van der Waals surface area contributed by atoms with Crippen molar-refractivity contribution in [3.05, 3.63) is 182 Å². The summed E-state index contributed by atoms with van der Waals surface area (Å²) >= 11 is 1.74. The molecule has 0 aliphatic carbocycles. The van der Waals surface area contributed by atoms with Crippen LogP contribution in [0.1, 0.15) is 0 Å². The fourth-order valence-electron chi connectivity index (χ4n) is 7.91. The standard InChI is InChI=1S/C50H30N4S/c1-2-13-32(14-3-1)47-52-48(33-27-25-31(26-28-33)43-30-34-15-4-5-18-37(34)38-19-6-7-20-39(38)43)54-49(53-47)36-17-12-16-35(29-36)46-41-22-9-8-21-40(41)45-42-23-10-11-24-44(42)55-50(45)51-46/h1-30H. The Balaban J connectivity index is 1.04. The molecule has 11 aromatic rings. The highest BCUT2D eigenvalue weighted by Gasteiger charge is 2.18. The van der Waals surface area contributed by atoms with Crippen molar-refractivity contribution in [1.29, 1.82) is 0 Å². The Bertz CT molecular complexity index is 3260. The topological polar surface area (TPSA) is 51.6 Å². The molecular weight excluding hydrogens is 689 g/mol. The van der Waals surface area contributed by atoms with E-state index in [1.807, 2.05) is 30.3 Å². The Hall–Kier alpha value is -7.08. The molecule has 3 heterocycles. The average Bonchev–Trinajstić information content (AvgIpc) is 3.65. The normalized spacial score (nSPS) is 11.6. The molecule has 0 fully saturated rings. The van der Waals surface area contributed by atoms with Gasteiger partial charge in [0.25, 0.3) is 0 Å². The Labute approximate surface area is 321 Å². The molecule has 5 heteroatoms. The van der Waals surface area contributed by atoms with Crippen molar-refractivity contribution in [3.63, 3.8) is 0 Å². The molecule has 3 aromatic heterocycles. The van der Waals surface area contributed by atoms with Gasteiger partial charge in [-0.05, 0) is 56.3 Å². The second kappa shape index (κ2) is 12.8. The quantitative estimate of drug-likeness (QED) is 0.166. The molecule has 0 saturated carbocycles. The third-order valence-electron chi connectivity index (χ3n) is 10.5. The van der Waals surface area contributed by atoms with Gasteiger partial charge in [0.15, 0.2) is 17.5 Å². The minimum atomic E-state index is 0.613. The van der Waals surface area contributed by atoms with Gasteiger partial charge in [0.05, 0.1) is 5.69 Å². The molecule has 0 amide bonds. The summed E-state index contributed by atoms with van der Waals surface area (Å²) in [5.74, 6) is 1.87. The number of thiophene rings is 1. The van der Waals surface area contributed by atoms with Crippen LogP contribution in [0, 0.1) is 0 Å². The molecule has 11 rings (SSSR count). The smallest absolute Gasteiger partial charge is 0.164 e. The second-order valence-electron chi connectivity index (χ2n) is 13.8. The predicted molar refractivity (Wildman–Crippen MR) is 230 cm³/mol. The Kier molecular flexibility index (Phi) is 7.32. The molecular formula is C50H30N4S. The maximum Gasteiger partial charge on any atom is 0.164 e. The lowest BCUT2D eigenvalue weighted by Crippen LogP contribution is -2.00. The van der Waals surface area contributed by atoms with Crippen LogP contribution in [0.4, 0.5) is 0 Å². The third kappa shape index (κ3) is 5.36. The van der Waals surface area contributed by atoms with Crippen LogP contribution in [-0.2, 0) is 0 Å². The largest absolute Gasteiger partial charge is 0.236 e. The van der Waals surface area contributed by atoms with E-state index >= 15 is 0 Å². The minimum absolute atomic E-state index is 0.613. The van der Waals surface area contributed by atoms with Crippen LogP contribution in [0.25, 0.3) is 109 Å². The zero-order valence-electron chi connectivity index (χ0n) is 29.5. The first kappa shape index (κ1) is 31.4. The molecule has 0 atom stereocenters. The molecule has 0 spiro atoms. The number of hydrogen-bond donors (Lipinski definition) is 0. The summed E-state index contributed by atoms with van der Waals surface area (Å²) in [6, 6.07) is 63.9. The highest BCUT2D eigenvalue weighted by atomic mass is 32.1. The fraction of sp³-hybridized carbons (Fsp3) is 0. The van der Waals surface area contributed by atoms with Gasteiger partial charge in [-0.1, -0.05) is 164 Å². The fourth-order valence-corrected chi connectivity index (χ4v) is 9.00. The van der Waals surface area contributed by atoms with E-state index in [2.05, 4.69) is 152 Å². The third-order valence-corrected chi connectivity index (χ3v) is 11.6. The second-order valence-corrected chi connectivity index (χ2v) is 14.8.